The Hall–Kier alpha value is -1.39. The second-order valence-electron chi connectivity index (χ2n) is 5.64. The van der Waals surface area contributed by atoms with Crippen LogP contribution in [-0.4, -0.2) is 53.7 Å². The number of nitrogens with zero attached hydrogens (tertiary/aromatic N) is 2. The fraction of sp³-hybridized carbons (Fsp3) is 0.467. The first-order valence-electron chi connectivity index (χ1n) is 6.62. The summed E-state index contributed by atoms with van der Waals surface area (Å²) in [5.74, 6) is 0.0283. The zero-order valence-corrected chi connectivity index (χ0v) is 12.8. The third kappa shape index (κ3) is 2.86. The Balaban J connectivity index is 2.13. The van der Waals surface area contributed by atoms with Crippen LogP contribution in [0.2, 0.25) is 5.02 Å². The molecule has 0 aromatic heterocycles. The van der Waals surface area contributed by atoms with Crippen molar-refractivity contribution in [3.05, 3.63) is 34.9 Å². The number of carbonyl (C=O) groups excluding carboxylic acids is 2. The standard InChI is InChI=1S/C15H19ClN2O2/c1-15(2)14(20)17(3)7-8-18(15)10-13(19)11-5-4-6-12(16)9-11/h4-6,9H,7-8,10H2,1-3H3. The minimum Gasteiger partial charge on any atom is -0.343 e. The Kier molecular flexibility index (Phi) is 4.16. The molecule has 0 spiro atoms. The topological polar surface area (TPSA) is 40.6 Å². The van der Waals surface area contributed by atoms with Gasteiger partial charge in [0.15, 0.2) is 5.78 Å². The molecule has 0 saturated carbocycles. The maximum Gasteiger partial charge on any atom is 0.242 e. The van der Waals surface area contributed by atoms with E-state index in [0.29, 0.717) is 23.7 Å². The summed E-state index contributed by atoms with van der Waals surface area (Å²) in [5.41, 5.74) is -0.0685. The fourth-order valence-electron chi connectivity index (χ4n) is 2.46. The Bertz CT molecular complexity index is 542. The van der Waals surface area contributed by atoms with E-state index in [1.807, 2.05) is 18.7 Å². The van der Waals surface area contributed by atoms with E-state index in [2.05, 4.69) is 0 Å². The molecule has 1 amide bonds. The number of hydrogen-bond acceptors (Lipinski definition) is 3. The molecule has 1 heterocycles. The molecule has 1 fully saturated rings. The second kappa shape index (κ2) is 5.54. The number of carbonyl (C=O) groups is 2. The second-order valence-corrected chi connectivity index (χ2v) is 6.08. The van der Waals surface area contributed by atoms with Gasteiger partial charge in [-0.25, -0.2) is 0 Å². The molecule has 1 aromatic rings. The highest BCUT2D eigenvalue weighted by Crippen LogP contribution is 2.22. The highest BCUT2D eigenvalue weighted by atomic mass is 35.5. The zero-order valence-electron chi connectivity index (χ0n) is 12.0. The number of hydrogen-bond donors (Lipinski definition) is 0. The Morgan fingerprint density at radius 1 is 1.35 bits per heavy atom. The van der Waals surface area contributed by atoms with Gasteiger partial charge in [-0.2, -0.15) is 0 Å². The zero-order chi connectivity index (χ0) is 14.9. The quantitative estimate of drug-likeness (QED) is 0.802. The number of amides is 1. The van der Waals surface area contributed by atoms with Crippen LogP contribution in [0.3, 0.4) is 0 Å². The summed E-state index contributed by atoms with van der Waals surface area (Å²) in [6.07, 6.45) is 0. The van der Waals surface area contributed by atoms with Crippen LogP contribution in [0, 0.1) is 0 Å². The molecule has 20 heavy (non-hydrogen) atoms. The van der Waals surface area contributed by atoms with Crippen LogP contribution in [0.5, 0.6) is 0 Å². The lowest BCUT2D eigenvalue weighted by molar-refractivity contribution is -0.146. The van der Waals surface area contributed by atoms with Gasteiger partial charge in [0.2, 0.25) is 5.91 Å². The van der Waals surface area contributed by atoms with Crippen LogP contribution in [0.15, 0.2) is 24.3 Å². The highest BCUT2D eigenvalue weighted by Gasteiger charge is 2.41. The molecule has 0 radical (unpaired) electrons. The van der Waals surface area contributed by atoms with E-state index >= 15 is 0 Å². The van der Waals surface area contributed by atoms with E-state index in [4.69, 9.17) is 11.6 Å². The monoisotopic (exact) mass is 294 g/mol. The van der Waals surface area contributed by atoms with E-state index in [-0.39, 0.29) is 18.2 Å². The summed E-state index contributed by atoms with van der Waals surface area (Å²) >= 11 is 5.90. The molecule has 4 nitrogen and oxygen atoms in total. The minimum absolute atomic E-state index is 0.0158. The summed E-state index contributed by atoms with van der Waals surface area (Å²) in [7, 11) is 1.79. The van der Waals surface area contributed by atoms with E-state index in [1.54, 1.807) is 36.2 Å². The molecular formula is C15H19ClN2O2. The molecule has 0 bridgehead atoms. The van der Waals surface area contributed by atoms with Crippen molar-refractivity contribution in [3.63, 3.8) is 0 Å². The van der Waals surface area contributed by atoms with Crippen molar-refractivity contribution in [2.24, 2.45) is 0 Å². The van der Waals surface area contributed by atoms with Gasteiger partial charge in [-0.1, -0.05) is 23.7 Å². The van der Waals surface area contributed by atoms with Gasteiger partial charge in [0.25, 0.3) is 0 Å². The van der Waals surface area contributed by atoms with E-state index in [9.17, 15) is 9.59 Å². The molecule has 1 aliphatic heterocycles. The van der Waals surface area contributed by atoms with Gasteiger partial charge >= 0.3 is 0 Å². The third-order valence-corrected chi connectivity index (χ3v) is 4.08. The van der Waals surface area contributed by atoms with Crippen molar-refractivity contribution >= 4 is 23.3 Å². The number of likely N-dealkylation sites (N-methyl/N-ethyl adjacent to an activating group) is 1. The first-order chi connectivity index (χ1) is 9.32. The normalized spacial score (nSPS) is 19.2. The highest BCUT2D eigenvalue weighted by molar-refractivity contribution is 6.31. The van der Waals surface area contributed by atoms with Crippen molar-refractivity contribution < 1.29 is 9.59 Å². The third-order valence-electron chi connectivity index (χ3n) is 3.85. The average Bonchev–Trinajstić information content (AvgIpc) is 2.40. The predicted molar refractivity (Wildman–Crippen MR) is 79.1 cm³/mol. The molecular weight excluding hydrogens is 276 g/mol. The van der Waals surface area contributed by atoms with Crippen LogP contribution in [0.4, 0.5) is 0 Å². The van der Waals surface area contributed by atoms with Gasteiger partial charge in [0.1, 0.15) is 0 Å². The van der Waals surface area contributed by atoms with Crippen LogP contribution in [0.1, 0.15) is 24.2 Å². The lowest BCUT2D eigenvalue weighted by Gasteiger charge is -2.44. The summed E-state index contributed by atoms with van der Waals surface area (Å²) in [4.78, 5) is 28.1. The van der Waals surface area contributed by atoms with Crippen LogP contribution in [0.25, 0.3) is 0 Å². The molecule has 5 heteroatoms. The number of Topliss-reactive ketones (excluding diaryl/α,β-unsaturated/α-hetero) is 1. The van der Waals surface area contributed by atoms with E-state index in [1.165, 1.54) is 0 Å². The van der Waals surface area contributed by atoms with Crippen molar-refractivity contribution in [2.75, 3.05) is 26.7 Å². The molecule has 1 saturated heterocycles. The molecule has 1 aliphatic rings. The Morgan fingerprint density at radius 2 is 2.05 bits per heavy atom. The van der Waals surface area contributed by atoms with E-state index < -0.39 is 5.54 Å². The summed E-state index contributed by atoms with van der Waals surface area (Å²) in [6, 6.07) is 6.91. The molecule has 0 aliphatic carbocycles. The largest absolute Gasteiger partial charge is 0.343 e. The smallest absolute Gasteiger partial charge is 0.242 e. The van der Waals surface area contributed by atoms with Crippen LogP contribution < -0.4 is 0 Å². The van der Waals surface area contributed by atoms with Crippen molar-refractivity contribution in [2.45, 2.75) is 19.4 Å². The first-order valence-corrected chi connectivity index (χ1v) is 6.99. The first kappa shape index (κ1) is 15.0. The van der Waals surface area contributed by atoms with Crippen molar-refractivity contribution in [1.29, 1.82) is 0 Å². The average molecular weight is 295 g/mol. The maximum atomic E-state index is 12.3. The number of benzene rings is 1. The Labute approximate surface area is 124 Å². The summed E-state index contributed by atoms with van der Waals surface area (Å²) in [6.45, 7) is 5.28. The molecule has 2 rings (SSSR count). The lowest BCUT2D eigenvalue weighted by atomic mass is 9.96. The SMILES string of the molecule is CN1CCN(CC(=O)c2cccc(Cl)c2)C(C)(C)C1=O. The van der Waals surface area contributed by atoms with Crippen LogP contribution in [-0.2, 0) is 4.79 Å². The van der Waals surface area contributed by atoms with Gasteiger partial charge in [0.05, 0.1) is 12.1 Å². The number of ketones is 1. The van der Waals surface area contributed by atoms with Crippen molar-refractivity contribution in [3.8, 4) is 0 Å². The van der Waals surface area contributed by atoms with Gasteiger partial charge in [-0.3, -0.25) is 14.5 Å². The van der Waals surface area contributed by atoms with E-state index in [0.717, 1.165) is 0 Å². The van der Waals surface area contributed by atoms with Gasteiger partial charge in [-0.05, 0) is 26.0 Å². The predicted octanol–water partition coefficient (Wildman–Crippen LogP) is 2.08. The number of rotatable bonds is 3. The van der Waals surface area contributed by atoms with Gasteiger partial charge in [-0.15, -0.1) is 0 Å². The summed E-state index contributed by atoms with van der Waals surface area (Å²) in [5, 5.41) is 0.546. The fourth-order valence-corrected chi connectivity index (χ4v) is 2.65. The molecule has 0 N–H and O–H groups in total. The van der Waals surface area contributed by atoms with Gasteiger partial charge in [0, 0.05) is 30.7 Å². The maximum absolute atomic E-state index is 12.3. The molecule has 0 unspecified atom stereocenters. The number of piperazine rings is 1. The Morgan fingerprint density at radius 3 is 2.70 bits per heavy atom. The molecule has 0 atom stereocenters. The number of halogens is 1. The molecule has 108 valence electrons. The minimum atomic E-state index is -0.652. The van der Waals surface area contributed by atoms with Gasteiger partial charge < -0.3 is 4.90 Å². The summed E-state index contributed by atoms with van der Waals surface area (Å²) < 4.78 is 0. The van der Waals surface area contributed by atoms with Crippen molar-refractivity contribution in [1.82, 2.24) is 9.80 Å². The van der Waals surface area contributed by atoms with Crippen LogP contribution >= 0.6 is 11.6 Å². The molecule has 1 aromatic carbocycles. The lowest BCUT2D eigenvalue weighted by Crippen LogP contribution is -2.62.